The van der Waals surface area contributed by atoms with Crippen LogP contribution in [-0.2, 0) is 23.8 Å². The van der Waals surface area contributed by atoms with Gasteiger partial charge in [0.1, 0.15) is 12.1 Å². The molecule has 1 amide bonds. The predicted octanol–water partition coefficient (Wildman–Crippen LogP) is 3.17. The van der Waals surface area contributed by atoms with Crippen molar-refractivity contribution in [1.29, 1.82) is 0 Å². The van der Waals surface area contributed by atoms with Gasteiger partial charge in [-0.05, 0) is 26.2 Å². The summed E-state index contributed by atoms with van der Waals surface area (Å²) in [5, 5.41) is 2.71. The normalized spacial score (nSPS) is 20.8. The van der Waals surface area contributed by atoms with Crippen LogP contribution in [0.1, 0.15) is 76.2 Å². The molecule has 0 unspecified atom stereocenters. The van der Waals surface area contributed by atoms with Crippen LogP contribution in [0.4, 0.5) is 0 Å². The maximum atomic E-state index is 13.0. The Morgan fingerprint density at radius 2 is 2.00 bits per heavy atom. The number of ether oxygens (including phenoxy) is 5. The summed E-state index contributed by atoms with van der Waals surface area (Å²) in [6.45, 7) is 5.41. The SMILES string of the molecule is CCCCCO[C@@H]1CCCC[C@H](NC(=O)c2nccc(OC)c2OCOC(C)=O)C(=O)O[C@H]1C. The lowest BCUT2D eigenvalue weighted by molar-refractivity contribution is -0.158. The standard InChI is InChI=1S/C24H36N2O8/c1-5-6-9-14-31-19-11-8-7-10-18(24(29)34-16(19)2)26-23(28)21-22(33-15-32-17(3)27)20(30-4)12-13-25-21/h12-13,16,18-19H,5-11,14-15H2,1-4H3,(H,26,28)/t16-,18-,19+/m0/s1. The van der Waals surface area contributed by atoms with Gasteiger partial charge in [-0.3, -0.25) is 9.59 Å². The Morgan fingerprint density at radius 1 is 1.24 bits per heavy atom. The maximum absolute atomic E-state index is 13.0. The zero-order valence-corrected chi connectivity index (χ0v) is 20.5. The molecular formula is C24H36N2O8. The third kappa shape index (κ3) is 8.48. The monoisotopic (exact) mass is 480 g/mol. The Labute approximate surface area is 200 Å². The van der Waals surface area contributed by atoms with Gasteiger partial charge in [-0.15, -0.1) is 0 Å². The third-order valence-corrected chi connectivity index (χ3v) is 5.50. The van der Waals surface area contributed by atoms with Crippen LogP contribution >= 0.6 is 0 Å². The van der Waals surface area contributed by atoms with Gasteiger partial charge in [0.15, 0.2) is 17.2 Å². The minimum atomic E-state index is -0.844. The molecule has 2 rings (SSSR count). The van der Waals surface area contributed by atoms with E-state index in [1.165, 1.54) is 26.3 Å². The molecule has 1 aromatic heterocycles. The third-order valence-electron chi connectivity index (χ3n) is 5.50. The number of hydrogen-bond donors (Lipinski definition) is 1. The van der Waals surface area contributed by atoms with Crippen molar-refractivity contribution in [3.05, 3.63) is 18.0 Å². The van der Waals surface area contributed by atoms with Gasteiger partial charge in [-0.2, -0.15) is 0 Å². The van der Waals surface area contributed by atoms with E-state index < -0.39 is 36.8 Å². The molecule has 1 aliphatic rings. The first-order valence-corrected chi connectivity index (χ1v) is 11.8. The molecule has 0 spiro atoms. The van der Waals surface area contributed by atoms with Gasteiger partial charge in [-0.1, -0.05) is 32.6 Å². The molecule has 190 valence electrons. The lowest BCUT2D eigenvalue weighted by Crippen LogP contribution is -2.44. The van der Waals surface area contributed by atoms with Gasteiger partial charge in [0.05, 0.1) is 13.2 Å². The molecule has 0 saturated carbocycles. The number of carbonyl (C=O) groups is 3. The highest BCUT2D eigenvalue weighted by molar-refractivity contribution is 5.98. The molecule has 1 aromatic rings. The summed E-state index contributed by atoms with van der Waals surface area (Å²) in [6.07, 6.45) is 6.75. The van der Waals surface area contributed by atoms with E-state index >= 15 is 0 Å². The lowest BCUT2D eigenvalue weighted by Gasteiger charge is -2.25. The summed E-state index contributed by atoms with van der Waals surface area (Å²) in [5.41, 5.74) is -0.0932. The Morgan fingerprint density at radius 3 is 2.71 bits per heavy atom. The second kappa shape index (κ2) is 14.4. The fourth-order valence-corrected chi connectivity index (χ4v) is 3.61. The van der Waals surface area contributed by atoms with Crippen molar-refractivity contribution in [3.8, 4) is 11.5 Å². The smallest absolute Gasteiger partial charge is 0.329 e. The molecule has 3 atom stereocenters. The zero-order valence-electron chi connectivity index (χ0n) is 20.5. The minimum Gasteiger partial charge on any atom is -0.493 e. The predicted molar refractivity (Wildman–Crippen MR) is 123 cm³/mol. The Kier molecular flexibility index (Phi) is 11.6. The summed E-state index contributed by atoms with van der Waals surface area (Å²) in [6, 6.07) is 0.666. The molecule has 10 nitrogen and oxygen atoms in total. The number of amides is 1. The number of cyclic esters (lactones) is 1. The van der Waals surface area contributed by atoms with E-state index in [1.54, 1.807) is 0 Å². The second-order valence-corrected chi connectivity index (χ2v) is 8.16. The molecule has 1 aliphatic heterocycles. The van der Waals surface area contributed by atoms with Crippen molar-refractivity contribution in [2.75, 3.05) is 20.5 Å². The number of aromatic nitrogens is 1. The summed E-state index contributed by atoms with van der Waals surface area (Å²) < 4.78 is 27.1. The van der Waals surface area contributed by atoms with E-state index in [0.717, 1.165) is 38.5 Å². The van der Waals surface area contributed by atoms with E-state index in [9.17, 15) is 14.4 Å². The summed E-state index contributed by atoms with van der Waals surface area (Å²) in [7, 11) is 1.41. The van der Waals surface area contributed by atoms with Crippen molar-refractivity contribution < 1.29 is 38.1 Å². The van der Waals surface area contributed by atoms with Crippen molar-refractivity contribution in [2.24, 2.45) is 0 Å². The van der Waals surface area contributed by atoms with Crippen molar-refractivity contribution >= 4 is 17.8 Å². The topological polar surface area (TPSA) is 122 Å². The molecule has 2 heterocycles. The molecule has 34 heavy (non-hydrogen) atoms. The molecule has 0 aromatic carbocycles. The number of unbranched alkanes of at least 4 members (excludes halogenated alkanes) is 2. The van der Waals surface area contributed by atoms with Crippen LogP contribution in [-0.4, -0.2) is 61.6 Å². The summed E-state index contributed by atoms with van der Waals surface area (Å²) in [4.78, 5) is 41.0. The Hall–Kier alpha value is -2.88. The number of esters is 2. The van der Waals surface area contributed by atoms with E-state index in [4.69, 9.17) is 23.7 Å². The first-order chi connectivity index (χ1) is 16.4. The first-order valence-electron chi connectivity index (χ1n) is 11.8. The van der Waals surface area contributed by atoms with E-state index in [2.05, 4.69) is 17.2 Å². The average Bonchev–Trinajstić information content (AvgIpc) is 2.86. The van der Waals surface area contributed by atoms with Crippen LogP contribution in [0.5, 0.6) is 11.5 Å². The number of nitrogens with zero attached hydrogens (tertiary/aromatic N) is 1. The second-order valence-electron chi connectivity index (χ2n) is 8.16. The van der Waals surface area contributed by atoms with Crippen molar-refractivity contribution in [3.63, 3.8) is 0 Å². The van der Waals surface area contributed by atoms with Gasteiger partial charge in [0.25, 0.3) is 5.91 Å². The first kappa shape index (κ1) is 27.4. The highest BCUT2D eigenvalue weighted by Crippen LogP contribution is 2.30. The van der Waals surface area contributed by atoms with Crippen LogP contribution in [0.15, 0.2) is 12.3 Å². The van der Waals surface area contributed by atoms with Gasteiger partial charge in [-0.25, -0.2) is 9.78 Å². The van der Waals surface area contributed by atoms with Gasteiger partial charge in [0, 0.05) is 25.8 Å². The minimum absolute atomic E-state index is 0.00842. The molecule has 1 fully saturated rings. The summed E-state index contributed by atoms with van der Waals surface area (Å²) in [5.74, 6) is -1.44. The highest BCUT2D eigenvalue weighted by atomic mass is 16.7. The quantitative estimate of drug-likeness (QED) is 0.289. The van der Waals surface area contributed by atoms with E-state index in [-0.39, 0.29) is 23.3 Å². The van der Waals surface area contributed by atoms with Crippen LogP contribution < -0.4 is 14.8 Å². The van der Waals surface area contributed by atoms with Gasteiger partial charge in [0.2, 0.25) is 6.79 Å². The van der Waals surface area contributed by atoms with Gasteiger partial charge >= 0.3 is 11.9 Å². The number of nitrogens with one attached hydrogen (secondary N) is 1. The van der Waals surface area contributed by atoms with Crippen molar-refractivity contribution in [1.82, 2.24) is 10.3 Å². The van der Waals surface area contributed by atoms with Crippen LogP contribution in [0.3, 0.4) is 0 Å². The number of rotatable bonds is 11. The fourth-order valence-electron chi connectivity index (χ4n) is 3.61. The number of hydrogen-bond acceptors (Lipinski definition) is 9. The Balaban J connectivity index is 2.07. The molecule has 1 N–H and O–H groups in total. The molecule has 1 saturated heterocycles. The van der Waals surface area contributed by atoms with Gasteiger partial charge < -0.3 is 29.0 Å². The van der Waals surface area contributed by atoms with E-state index in [0.29, 0.717) is 13.0 Å². The highest BCUT2D eigenvalue weighted by Gasteiger charge is 2.31. The van der Waals surface area contributed by atoms with Crippen LogP contribution in [0.2, 0.25) is 0 Å². The lowest BCUT2D eigenvalue weighted by atomic mass is 10.0. The average molecular weight is 481 g/mol. The number of pyridine rings is 1. The zero-order chi connectivity index (χ0) is 24.9. The molecule has 0 radical (unpaired) electrons. The molecule has 0 aliphatic carbocycles. The Bertz CT molecular complexity index is 816. The molecule has 0 bridgehead atoms. The molecule has 10 heteroatoms. The van der Waals surface area contributed by atoms with E-state index in [1.807, 2.05) is 6.92 Å². The fraction of sp³-hybridized carbons (Fsp3) is 0.667. The number of carbonyl (C=O) groups excluding carboxylic acids is 3. The van der Waals surface area contributed by atoms with Crippen LogP contribution in [0, 0.1) is 0 Å². The van der Waals surface area contributed by atoms with Crippen molar-refractivity contribution in [2.45, 2.75) is 84.0 Å². The largest absolute Gasteiger partial charge is 0.493 e. The maximum Gasteiger partial charge on any atom is 0.329 e. The van der Waals surface area contributed by atoms with Crippen LogP contribution in [0.25, 0.3) is 0 Å². The number of methoxy groups -OCH3 is 1. The molecular weight excluding hydrogens is 444 g/mol. The summed E-state index contributed by atoms with van der Waals surface area (Å²) >= 11 is 0.